The van der Waals surface area contributed by atoms with Gasteiger partial charge in [0.25, 0.3) is 5.91 Å². The minimum absolute atomic E-state index is 0.130. The fourth-order valence-corrected chi connectivity index (χ4v) is 4.55. The summed E-state index contributed by atoms with van der Waals surface area (Å²) in [6, 6.07) is 3.54. The molecule has 204 valence electrons. The van der Waals surface area contributed by atoms with Gasteiger partial charge in [-0.3, -0.25) is 14.6 Å². The number of nitrogens with one attached hydrogen (secondary N) is 1. The molecule has 0 radical (unpaired) electrons. The van der Waals surface area contributed by atoms with E-state index in [4.69, 9.17) is 17.3 Å². The molecule has 0 spiro atoms. The van der Waals surface area contributed by atoms with E-state index in [2.05, 4.69) is 16.9 Å². The number of aliphatic hydroxyl groups excluding tert-OH is 1. The summed E-state index contributed by atoms with van der Waals surface area (Å²) in [5.74, 6) is 5.40. The number of nitriles is 1. The van der Waals surface area contributed by atoms with Gasteiger partial charge in [-0.2, -0.15) is 5.26 Å². The predicted octanol–water partition coefficient (Wildman–Crippen LogP) is -0.141. The number of hydrogen-bond acceptors (Lipinski definition) is 10. The van der Waals surface area contributed by atoms with Crippen LogP contribution in [0.25, 0.3) is 11.3 Å². The number of likely N-dealkylation sites (tertiary alicyclic amines) is 2. The highest BCUT2D eigenvalue weighted by Gasteiger charge is 2.53. The Labute approximate surface area is 220 Å². The molecule has 3 heterocycles. The summed E-state index contributed by atoms with van der Waals surface area (Å²) < 4.78 is 15.0. The number of nitrogens with two attached hydrogens (primary N) is 3. The van der Waals surface area contributed by atoms with Gasteiger partial charge in [0.05, 0.1) is 36.7 Å². The van der Waals surface area contributed by atoms with Gasteiger partial charge in [0.15, 0.2) is 0 Å². The Morgan fingerprint density at radius 3 is 2.61 bits per heavy atom. The zero-order valence-corrected chi connectivity index (χ0v) is 21.4. The molecule has 0 aliphatic carbocycles. The van der Waals surface area contributed by atoms with Gasteiger partial charge in [-0.15, -0.1) is 0 Å². The molecular formula is C25H34FN9O3. The largest absolute Gasteiger partial charge is 0.403 e. The molecule has 2 aliphatic heterocycles. The van der Waals surface area contributed by atoms with Crippen LogP contribution in [0, 0.1) is 11.3 Å². The number of hydrogen-bond donors (Lipinski definition) is 5. The van der Waals surface area contributed by atoms with Gasteiger partial charge in [-0.25, -0.2) is 10.2 Å². The van der Waals surface area contributed by atoms with Crippen molar-refractivity contribution in [3.63, 3.8) is 0 Å². The van der Waals surface area contributed by atoms with Crippen molar-refractivity contribution in [1.29, 1.82) is 5.26 Å². The van der Waals surface area contributed by atoms with Crippen molar-refractivity contribution in [3.8, 4) is 6.07 Å². The SMILES string of the molecule is C=CC(=O)N1CC(F)(C(=O)N2CCC(N(N)/C(C)=C(\N)c3cnc(/C(C#N)=C\N)c(NCCO)c3)CC2)C1. The molecule has 1 aromatic rings. The number of alkyl halides is 1. The molecule has 3 rings (SSSR count). The molecule has 0 unspecified atom stereocenters. The van der Waals surface area contributed by atoms with E-state index in [1.54, 1.807) is 18.0 Å². The second kappa shape index (κ2) is 11.9. The average molecular weight is 528 g/mol. The minimum Gasteiger partial charge on any atom is -0.403 e. The van der Waals surface area contributed by atoms with Crippen LogP contribution >= 0.6 is 0 Å². The van der Waals surface area contributed by atoms with Crippen LogP contribution in [0.3, 0.4) is 0 Å². The quantitative estimate of drug-likeness (QED) is 0.125. The number of amides is 2. The minimum atomic E-state index is -2.07. The summed E-state index contributed by atoms with van der Waals surface area (Å²) in [4.78, 5) is 31.4. The summed E-state index contributed by atoms with van der Waals surface area (Å²) in [6.07, 6.45) is 4.78. The van der Waals surface area contributed by atoms with Crippen molar-refractivity contribution < 1.29 is 19.1 Å². The third-order valence-electron chi connectivity index (χ3n) is 6.84. The number of piperidine rings is 1. The third-order valence-corrected chi connectivity index (χ3v) is 6.84. The lowest BCUT2D eigenvalue weighted by atomic mass is 9.92. The van der Waals surface area contributed by atoms with Gasteiger partial charge in [0, 0.05) is 49.3 Å². The van der Waals surface area contributed by atoms with E-state index >= 15 is 4.39 Å². The van der Waals surface area contributed by atoms with Crippen LogP contribution in [0.5, 0.6) is 0 Å². The number of carbonyl (C=O) groups excluding carboxylic acids is 2. The summed E-state index contributed by atoms with van der Waals surface area (Å²) in [7, 11) is 0. The van der Waals surface area contributed by atoms with E-state index in [9.17, 15) is 20.0 Å². The van der Waals surface area contributed by atoms with Crippen LogP contribution in [-0.2, 0) is 9.59 Å². The number of nitrogens with zero attached hydrogens (tertiary/aromatic N) is 5. The third kappa shape index (κ3) is 5.71. The number of allylic oxidation sites excluding steroid dienone is 2. The zero-order valence-electron chi connectivity index (χ0n) is 21.4. The maximum Gasteiger partial charge on any atom is 0.264 e. The van der Waals surface area contributed by atoms with Crippen LogP contribution < -0.4 is 22.6 Å². The molecule has 8 N–H and O–H groups in total. The molecule has 0 saturated carbocycles. The van der Waals surface area contributed by atoms with Gasteiger partial charge in [-0.05, 0) is 31.9 Å². The average Bonchev–Trinajstić information content (AvgIpc) is 2.93. The lowest BCUT2D eigenvalue weighted by Crippen LogP contribution is -2.68. The molecule has 2 saturated heterocycles. The van der Waals surface area contributed by atoms with Gasteiger partial charge < -0.3 is 36.7 Å². The maximum atomic E-state index is 15.0. The second-order valence-electron chi connectivity index (χ2n) is 9.26. The molecule has 0 atom stereocenters. The standard InChI is InChI=1S/C25H34FN9O3/c1-3-21(37)34-14-25(26,15-34)24(38)33-7-4-19(5-8-33)35(30)16(2)22(29)17-10-20(31-6-9-36)23(32-13-17)18(11-27)12-28/h3,10-11,13,19,31,36H,1,4-9,14-15,27,29-30H2,2H3/b18-11-,22-16-. The van der Waals surface area contributed by atoms with E-state index in [1.165, 1.54) is 16.0 Å². The van der Waals surface area contributed by atoms with Crippen LogP contribution in [0.4, 0.5) is 10.1 Å². The van der Waals surface area contributed by atoms with Gasteiger partial charge in [-0.1, -0.05) is 6.58 Å². The number of aliphatic hydroxyl groups is 1. The molecular weight excluding hydrogens is 493 g/mol. The Morgan fingerprint density at radius 2 is 2.05 bits per heavy atom. The van der Waals surface area contributed by atoms with Crippen molar-refractivity contribution in [2.75, 3.05) is 44.6 Å². The topological polar surface area (TPSA) is 191 Å². The van der Waals surface area contributed by atoms with E-state index in [1.807, 2.05) is 6.07 Å². The first-order valence-corrected chi connectivity index (χ1v) is 12.2. The van der Waals surface area contributed by atoms with Gasteiger partial charge in [0.2, 0.25) is 11.6 Å². The number of aromatic nitrogens is 1. The maximum absolute atomic E-state index is 15.0. The van der Waals surface area contributed by atoms with E-state index in [-0.39, 0.29) is 37.9 Å². The van der Waals surface area contributed by atoms with Crippen LogP contribution in [-0.4, -0.2) is 87.8 Å². The Morgan fingerprint density at radius 1 is 1.39 bits per heavy atom. The summed E-state index contributed by atoms with van der Waals surface area (Å²) in [6.45, 7) is 5.34. The van der Waals surface area contributed by atoms with E-state index in [0.717, 1.165) is 12.3 Å². The molecule has 0 bridgehead atoms. The molecule has 12 nitrogen and oxygen atoms in total. The Kier molecular flexibility index (Phi) is 8.92. The highest BCUT2D eigenvalue weighted by molar-refractivity contribution is 5.93. The number of halogens is 1. The van der Waals surface area contributed by atoms with Gasteiger partial charge in [0.1, 0.15) is 11.8 Å². The fraction of sp³-hybridized carbons (Fsp3) is 0.440. The number of rotatable bonds is 9. The summed E-state index contributed by atoms with van der Waals surface area (Å²) >= 11 is 0. The van der Waals surface area contributed by atoms with Crippen LogP contribution in [0.15, 0.2) is 36.8 Å². The van der Waals surface area contributed by atoms with Crippen LogP contribution in [0.2, 0.25) is 0 Å². The smallest absolute Gasteiger partial charge is 0.264 e. The van der Waals surface area contributed by atoms with Crippen molar-refractivity contribution in [2.45, 2.75) is 31.5 Å². The monoisotopic (exact) mass is 527 g/mol. The van der Waals surface area contributed by atoms with Crippen LogP contribution in [0.1, 0.15) is 31.0 Å². The normalized spacial score (nSPS) is 18.1. The lowest BCUT2D eigenvalue weighted by molar-refractivity contribution is -0.162. The van der Waals surface area contributed by atoms with Gasteiger partial charge >= 0.3 is 0 Å². The molecule has 13 heteroatoms. The first kappa shape index (κ1) is 28.4. The van der Waals surface area contributed by atoms with E-state index < -0.39 is 17.5 Å². The zero-order chi connectivity index (χ0) is 28.0. The van der Waals surface area contributed by atoms with Crippen molar-refractivity contribution >= 4 is 28.8 Å². The first-order chi connectivity index (χ1) is 18.1. The number of anilines is 1. The highest BCUT2D eigenvalue weighted by atomic mass is 19.1. The number of hydrazine groups is 1. The van der Waals surface area contributed by atoms with E-state index in [0.29, 0.717) is 54.3 Å². The molecule has 38 heavy (non-hydrogen) atoms. The molecule has 0 aromatic carbocycles. The van der Waals surface area contributed by atoms with Crippen molar-refractivity contribution in [2.24, 2.45) is 17.3 Å². The van der Waals surface area contributed by atoms with Crippen molar-refractivity contribution in [1.82, 2.24) is 19.8 Å². The Bertz CT molecular complexity index is 1180. The molecule has 1 aromatic heterocycles. The summed E-state index contributed by atoms with van der Waals surface area (Å²) in [5, 5.41) is 23.1. The molecule has 2 aliphatic rings. The summed E-state index contributed by atoms with van der Waals surface area (Å²) in [5.41, 5.74) is 12.3. The lowest BCUT2D eigenvalue weighted by Gasteiger charge is -2.46. The second-order valence-corrected chi connectivity index (χ2v) is 9.26. The Hall–Kier alpha value is -4.15. The van der Waals surface area contributed by atoms with Crippen molar-refractivity contribution in [3.05, 3.63) is 48.1 Å². The fourth-order valence-electron chi connectivity index (χ4n) is 4.55. The molecule has 2 fully saturated rings. The number of pyridine rings is 1. The number of carbonyl (C=O) groups is 2. The molecule has 2 amide bonds. The first-order valence-electron chi connectivity index (χ1n) is 12.2. The highest BCUT2D eigenvalue weighted by Crippen LogP contribution is 2.31. The Balaban J connectivity index is 1.69. The predicted molar refractivity (Wildman–Crippen MR) is 141 cm³/mol.